The first-order valence-corrected chi connectivity index (χ1v) is 5.46. The zero-order valence-electron chi connectivity index (χ0n) is 8.42. The van der Waals surface area contributed by atoms with Gasteiger partial charge in [-0.3, -0.25) is 0 Å². The molecule has 0 aliphatic rings. The summed E-state index contributed by atoms with van der Waals surface area (Å²) in [6.07, 6.45) is -4.35. The highest BCUT2D eigenvalue weighted by molar-refractivity contribution is 9.10. The van der Waals surface area contributed by atoms with E-state index in [1.807, 2.05) is 0 Å². The number of nitrogens with zero attached hydrogens (tertiary/aromatic N) is 2. The van der Waals surface area contributed by atoms with Gasteiger partial charge in [-0.15, -0.1) is 0 Å². The molecule has 1 heterocycles. The summed E-state index contributed by atoms with van der Waals surface area (Å²) in [7, 11) is 0. The zero-order chi connectivity index (χ0) is 12.6. The highest BCUT2D eigenvalue weighted by Gasteiger charge is 2.29. The van der Waals surface area contributed by atoms with Crippen LogP contribution in [0.1, 0.15) is 5.69 Å². The number of fused-ring (bicyclic) bond motifs is 1. The molecule has 0 saturated carbocycles. The van der Waals surface area contributed by atoms with E-state index in [-0.39, 0.29) is 5.69 Å². The second-order valence-electron chi connectivity index (χ2n) is 3.52. The van der Waals surface area contributed by atoms with Crippen LogP contribution in [0.25, 0.3) is 10.9 Å². The average Bonchev–Trinajstić information content (AvgIpc) is 2.56. The van der Waals surface area contributed by atoms with Crippen LogP contribution < -0.4 is 0 Å². The van der Waals surface area contributed by atoms with Crippen molar-refractivity contribution in [3.63, 3.8) is 0 Å². The third-order valence-electron chi connectivity index (χ3n) is 2.34. The summed E-state index contributed by atoms with van der Waals surface area (Å²) in [5, 5.41) is 9.46. The topological polar surface area (TPSA) is 28.7 Å². The van der Waals surface area contributed by atoms with E-state index in [0.29, 0.717) is 15.4 Å². The number of aromatic nitrogens is 1. The molecule has 17 heavy (non-hydrogen) atoms. The molecule has 0 aliphatic heterocycles. The predicted molar refractivity (Wildman–Crippen MR) is 60.4 cm³/mol. The van der Waals surface area contributed by atoms with Crippen LogP contribution in [0.2, 0.25) is 0 Å². The second kappa shape index (κ2) is 4.08. The van der Waals surface area contributed by atoms with Crippen molar-refractivity contribution >= 4 is 26.8 Å². The van der Waals surface area contributed by atoms with Crippen molar-refractivity contribution in [2.24, 2.45) is 0 Å². The summed E-state index contributed by atoms with van der Waals surface area (Å²) in [6, 6.07) is 8.15. The Morgan fingerprint density at radius 3 is 2.65 bits per heavy atom. The molecule has 1 aromatic heterocycles. The number of alkyl halides is 3. The lowest BCUT2D eigenvalue weighted by atomic mass is 10.2. The van der Waals surface area contributed by atoms with Gasteiger partial charge in [0.2, 0.25) is 0 Å². The lowest BCUT2D eigenvalue weighted by Crippen LogP contribution is -2.18. The summed E-state index contributed by atoms with van der Waals surface area (Å²) >= 11 is 3.25. The summed E-state index contributed by atoms with van der Waals surface area (Å²) in [6.45, 7) is -1.16. The van der Waals surface area contributed by atoms with E-state index >= 15 is 0 Å². The van der Waals surface area contributed by atoms with Crippen molar-refractivity contribution in [1.82, 2.24) is 4.57 Å². The van der Waals surface area contributed by atoms with Crippen molar-refractivity contribution < 1.29 is 13.2 Å². The van der Waals surface area contributed by atoms with Gasteiger partial charge in [0.1, 0.15) is 18.3 Å². The maximum absolute atomic E-state index is 12.4. The molecular formula is C11H6BrF3N2. The van der Waals surface area contributed by atoms with Gasteiger partial charge >= 0.3 is 6.18 Å². The molecule has 88 valence electrons. The lowest BCUT2D eigenvalue weighted by Gasteiger charge is -2.10. The molecule has 0 amide bonds. The highest BCUT2D eigenvalue weighted by atomic mass is 79.9. The van der Waals surface area contributed by atoms with E-state index in [2.05, 4.69) is 15.9 Å². The zero-order valence-corrected chi connectivity index (χ0v) is 10.0. The van der Waals surface area contributed by atoms with Crippen LogP contribution in [0, 0.1) is 11.3 Å². The van der Waals surface area contributed by atoms with Gasteiger partial charge in [-0.05, 0) is 18.2 Å². The first-order chi connectivity index (χ1) is 7.92. The number of benzene rings is 1. The maximum Gasteiger partial charge on any atom is 0.406 e. The van der Waals surface area contributed by atoms with E-state index in [9.17, 15) is 13.2 Å². The molecule has 0 saturated heterocycles. The molecule has 1 aromatic carbocycles. The maximum atomic E-state index is 12.4. The predicted octanol–water partition coefficient (Wildman–Crippen LogP) is 3.84. The van der Waals surface area contributed by atoms with Crippen molar-refractivity contribution in [1.29, 1.82) is 5.26 Å². The molecule has 6 heteroatoms. The van der Waals surface area contributed by atoms with Gasteiger partial charge in [0.25, 0.3) is 0 Å². The van der Waals surface area contributed by atoms with Gasteiger partial charge < -0.3 is 4.57 Å². The Hall–Kier alpha value is -1.48. The number of hydrogen-bond donors (Lipinski definition) is 0. The molecule has 0 unspecified atom stereocenters. The van der Waals surface area contributed by atoms with E-state index < -0.39 is 12.7 Å². The minimum Gasteiger partial charge on any atom is -0.323 e. The van der Waals surface area contributed by atoms with E-state index in [1.54, 1.807) is 24.3 Å². The van der Waals surface area contributed by atoms with Gasteiger partial charge in [0.05, 0.1) is 5.52 Å². The van der Waals surface area contributed by atoms with Crippen molar-refractivity contribution in [3.05, 3.63) is 34.4 Å². The van der Waals surface area contributed by atoms with Crippen LogP contribution >= 0.6 is 15.9 Å². The summed E-state index contributed by atoms with van der Waals surface area (Å²) in [5.41, 5.74) is 0.400. The van der Waals surface area contributed by atoms with Gasteiger partial charge in [-0.1, -0.05) is 22.0 Å². The molecule has 0 N–H and O–H groups in total. The third-order valence-corrected chi connectivity index (χ3v) is 3.04. The minimum absolute atomic E-state index is 0.00391. The Morgan fingerprint density at radius 1 is 1.35 bits per heavy atom. The van der Waals surface area contributed by atoms with E-state index in [0.717, 1.165) is 4.57 Å². The average molecular weight is 303 g/mol. The molecule has 2 nitrogen and oxygen atoms in total. The smallest absolute Gasteiger partial charge is 0.323 e. The molecule has 0 atom stereocenters. The minimum atomic E-state index is -4.35. The number of rotatable bonds is 1. The Kier molecular flexibility index (Phi) is 2.87. The lowest BCUT2D eigenvalue weighted by molar-refractivity contribution is -0.140. The number of hydrogen-bond acceptors (Lipinski definition) is 1. The van der Waals surface area contributed by atoms with Crippen molar-refractivity contribution in [2.45, 2.75) is 12.7 Å². The summed E-state index contributed by atoms with van der Waals surface area (Å²) in [5.74, 6) is 0. The van der Waals surface area contributed by atoms with E-state index in [4.69, 9.17) is 5.26 Å². The summed E-state index contributed by atoms with van der Waals surface area (Å²) < 4.78 is 38.9. The molecular weight excluding hydrogens is 297 g/mol. The standard InChI is InChI=1S/C11H6BrF3N2/c12-9-2-1-3-10-8(9)4-7(5-16)17(10)6-11(13,14)15/h1-4H,6H2. The molecule has 0 bridgehead atoms. The first kappa shape index (κ1) is 12.0. The van der Waals surface area contributed by atoms with Gasteiger partial charge in [-0.2, -0.15) is 18.4 Å². The third kappa shape index (κ3) is 2.29. The van der Waals surface area contributed by atoms with Crippen LogP contribution in [-0.2, 0) is 6.54 Å². The SMILES string of the molecule is N#Cc1cc2c(Br)cccc2n1CC(F)(F)F. The van der Waals surface area contributed by atoms with Crippen LogP contribution in [0.15, 0.2) is 28.7 Å². The van der Waals surface area contributed by atoms with Crippen molar-refractivity contribution in [3.8, 4) is 6.07 Å². The fourth-order valence-corrected chi connectivity index (χ4v) is 2.16. The summed E-state index contributed by atoms with van der Waals surface area (Å²) in [4.78, 5) is 0. The molecule has 2 rings (SSSR count). The Morgan fingerprint density at radius 2 is 2.06 bits per heavy atom. The number of nitriles is 1. The van der Waals surface area contributed by atoms with Crippen LogP contribution in [0.5, 0.6) is 0 Å². The van der Waals surface area contributed by atoms with Gasteiger partial charge in [-0.25, -0.2) is 0 Å². The Bertz CT molecular complexity index is 607. The Balaban J connectivity index is 2.68. The first-order valence-electron chi connectivity index (χ1n) is 4.67. The normalized spacial score (nSPS) is 11.7. The fraction of sp³-hybridized carbons (Fsp3) is 0.182. The second-order valence-corrected chi connectivity index (χ2v) is 4.37. The molecule has 0 spiro atoms. The van der Waals surface area contributed by atoms with Crippen molar-refractivity contribution in [2.75, 3.05) is 0 Å². The van der Waals surface area contributed by atoms with Gasteiger partial charge in [0.15, 0.2) is 0 Å². The largest absolute Gasteiger partial charge is 0.406 e. The molecule has 0 fully saturated rings. The van der Waals surface area contributed by atoms with Gasteiger partial charge in [0, 0.05) is 9.86 Å². The van der Waals surface area contributed by atoms with Crippen LogP contribution in [0.3, 0.4) is 0 Å². The van der Waals surface area contributed by atoms with Crippen LogP contribution in [-0.4, -0.2) is 10.7 Å². The monoisotopic (exact) mass is 302 g/mol. The van der Waals surface area contributed by atoms with Crippen LogP contribution in [0.4, 0.5) is 13.2 Å². The molecule has 2 aromatic rings. The quantitative estimate of drug-likeness (QED) is 0.787. The Labute approximate surface area is 103 Å². The molecule has 0 radical (unpaired) electrons. The highest BCUT2D eigenvalue weighted by Crippen LogP contribution is 2.29. The fourth-order valence-electron chi connectivity index (χ4n) is 1.69. The van der Waals surface area contributed by atoms with E-state index in [1.165, 1.54) is 6.07 Å². The number of halogens is 4. The molecule has 0 aliphatic carbocycles.